The van der Waals surface area contributed by atoms with Crippen LogP contribution in [-0.4, -0.2) is 30.9 Å². The number of nitrogens with two attached hydrogens (primary N) is 1. The van der Waals surface area contributed by atoms with Crippen LogP contribution in [0.5, 0.6) is 0 Å². The minimum atomic E-state index is -0.0782. The molecule has 0 radical (unpaired) electrons. The fraction of sp³-hybridized carbons (Fsp3) is 0.909. The average molecular weight is 213 g/mol. The van der Waals surface area contributed by atoms with E-state index in [9.17, 15) is 4.79 Å². The van der Waals surface area contributed by atoms with E-state index in [2.05, 4.69) is 17.4 Å². The monoisotopic (exact) mass is 213 g/mol. The van der Waals surface area contributed by atoms with E-state index < -0.39 is 0 Å². The van der Waals surface area contributed by atoms with Crippen LogP contribution in [0.1, 0.15) is 38.5 Å². The van der Waals surface area contributed by atoms with E-state index in [1.807, 2.05) is 0 Å². The largest absolute Gasteiger partial charge is 0.306 e. The maximum Gasteiger partial charge on any atom is 0.235 e. The third-order valence-corrected chi connectivity index (χ3v) is 3.18. The van der Waals surface area contributed by atoms with Crippen LogP contribution in [0, 0.1) is 5.92 Å². The van der Waals surface area contributed by atoms with Crippen LogP contribution in [0.15, 0.2) is 0 Å². The molecular weight excluding hydrogens is 190 g/mol. The van der Waals surface area contributed by atoms with Gasteiger partial charge in [0.25, 0.3) is 0 Å². The molecule has 15 heavy (non-hydrogen) atoms. The minimum absolute atomic E-state index is 0.0782. The lowest BCUT2D eigenvalue weighted by molar-refractivity contribution is -0.121. The number of hydrogen-bond donors (Lipinski definition) is 2. The molecular formula is C11H23N3O. The fourth-order valence-electron chi connectivity index (χ4n) is 2.27. The second-order valence-corrected chi connectivity index (χ2v) is 4.58. The highest BCUT2D eigenvalue weighted by Gasteiger charge is 2.15. The molecule has 0 aromatic carbocycles. The zero-order valence-corrected chi connectivity index (χ0v) is 9.67. The zero-order chi connectivity index (χ0) is 11.1. The molecule has 0 spiro atoms. The van der Waals surface area contributed by atoms with Gasteiger partial charge in [-0.05, 0) is 25.8 Å². The first-order chi connectivity index (χ1) is 7.22. The Morgan fingerprint density at radius 3 is 2.67 bits per heavy atom. The summed E-state index contributed by atoms with van der Waals surface area (Å²) in [7, 11) is 2.08. The number of hydrazine groups is 1. The van der Waals surface area contributed by atoms with Crippen molar-refractivity contribution >= 4 is 5.91 Å². The first kappa shape index (κ1) is 12.5. The van der Waals surface area contributed by atoms with Gasteiger partial charge in [0.05, 0.1) is 0 Å². The molecule has 1 aliphatic rings. The SMILES string of the molecule is CN(CCC(=O)NN)CC1CCCCC1. The summed E-state index contributed by atoms with van der Waals surface area (Å²) in [5.74, 6) is 5.78. The number of carbonyl (C=O) groups excluding carboxylic acids is 1. The molecule has 0 aliphatic heterocycles. The van der Waals surface area contributed by atoms with Crippen LogP contribution in [-0.2, 0) is 4.79 Å². The Hall–Kier alpha value is -0.610. The molecule has 0 aromatic heterocycles. The number of carbonyl (C=O) groups is 1. The molecule has 4 nitrogen and oxygen atoms in total. The van der Waals surface area contributed by atoms with E-state index in [-0.39, 0.29) is 5.91 Å². The van der Waals surface area contributed by atoms with Crippen molar-refractivity contribution in [2.75, 3.05) is 20.1 Å². The molecule has 4 heteroatoms. The van der Waals surface area contributed by atoms with Gasteiger partial charge in [0.1, 0.15) is 0 Å². The molecule has 1 aliphatic carbocycles. The van der Waals surface area contributed by atoms with Crippen molar-refractivity contribution in [3.05, 3.63) is 0 Å². The Kier molecular flexibility index (Phi) is 5.65. The van der Waals surface area contributed by atoms with Crippen LogP contribution in [0.4, 0.5) is 0 Å². The quantitative estimate of drug-likeness (QED) is 0.405. The van der Waals surface area contributed by atoms with E-state index in [4.69, 9.17) is 5.84 Å². The molecule has 0 heterocycles. The topological polar surface area (TPSA) is 58.4 Å². The lowest BCUT2D eigenvalue weighted by atomic mass is 9.89. The summed E-state index contributed by atoms with van der Waals surface area (Å²) in [6.07, 6.45) is 7.36. The summed E-state index contributed by atoms with van der Waals surface area (Å²) in [6, 6.07) is 0. The highest BCUT2D eigenvalue weighted by atomic mass is 16.2. The van der Waals surface area contributed by atoms with Gasteiger partial charge >= 0.3 is 0 Å². The van der Waals surface area contributed by atoms with Crippen molar-refractivity contribution in [3.63, 3.8) is 0 Å². The third kappa shape index (κ3) is 5.14. The lowest BCUT2D eigenvalue weighted by Gasteiger charge is -2.26. The van der Waals surface area contributed by atoms with Gasteiger partial charge in [0, 0.05) is 19.5 Å². The van der Waals surface area contributed by atoms with Gasteiger partial charge < -0.3 is 4.90 Å². The standard InChI is InChI=1S/C11H23N3O/c1-14(8-7-11(15)13-12)9-10-5-3-2-4-6-10/h10H,2-9,12H2,1H3,(H,13,15). The van der Waals surface area contributed by atoms with Gasteiger partial charge in [-0.3, -0.25) is 10.2 Å². The highest BCUT2D eigenvalue weighted by Crippen LogP contribution is 2.23. The average Bonchev–Trinajstić information content (AvgIpc) is 2.27. The highest BCUT2D eigenvalue weighted by molar-refractivity contribution is 5.75. The normalized spacial score (nSPS) is 18.1. The zero-order valence-electron chi connectivity index (χ0n) is 9.67. The van der Waals surface area contributed by atoms with Crippen molar-refractivity contribution in [2.45, 2.75) is 38.5 Å². The molecule has 0 atom stereocenters. The van der Waals surface area contributed by atoms with Crippen molar-refractivity contribution < 1.29 is 4.79 Å². The van der Waals surface area contributed by atoms with Crippen LogP contribution in [0.25, 0.3) is 0 Å². The first-order valence-corrected chi connectivity index (χ1v) is 5.90. The molecule has 1 saturated carbocycles. The predicted molar refractivity (Wildman–Crippen MR) is 61.0 cm³/mol. The van der Waals surface area contributed by atoms with E-state index in [0.29, 0.717) is 6.42 Å². The van der Waals surface area contributed by atoms with Crippen molar-refractivity contribution in [1.82, 2.24) is 10.3 Å². The maximum atomic E-state index is 10.9. The molecule has 1 amide bonds. The van der Waals surface area contributed by atoms with Gasteiger partial charge in [0.15, 0.2) is 0 Å². The number of rotatable bonds is 5. The Labute approximate surface area is 92.2 Å². The third-order valence-electron chi connectivity index (χ3n) is 3.18. The number of amides is 1. The molecule has 0 aromatic rings. The van der Waals surface area contributed by atoms with Crippen LogP contribution >= 0.6 is 0 Å². The van der Waals surface area contributed by atoms with Crippen molar-refractivity contribution in [3.8, 4) is 0 Å². The molecule has 3 N–H and O–H groups in total. The second-order valence-electron chi connectivity index (χ2n) is 4.58. The van der Waals surface area contributed by atoms with Gasteiger partial charge in [0.2, 0.25) is 5.91 Å². The summed E-state index contributed by atoms with van der Waals surface area (Å²) in [5.41, 5.74) is 2.16. The molecule has 88 valence electrons. The second kappa shape index (κ2) is 6.80. The fourth-order valence-corrected chi connectivity index (χ4v) is 2.27. The summed E-state index contributed by atoms with van der Waals surface area (Å²) >= 11 is 0. The molecule has 0 saturated heterocycles. The molecule has 1 fully saturated rings. The van der Waals surface area contributed by atoms with Crippen molar-refractivity contribution in [2.24, 2.45) is 11.8 Å². The minimum Gasteiger partial charge on any atom is -0.306 e. The van der Waals surface area contributed by atoms with E-state index in [0.717, 1.165) is 19.0 Å². The Balaban J connectivity index is 2.11. The predicted octanol–water partition coefficient (Wildman–Crippen LogP) is 0.878. The summed E-state index contributed by atoms with van der Waals surface area (Å²) < 4.78 is 0. The Morgan fingerprint density at radius 2 is 2.07 bits per heavy atom. The Bertz CT molecular complexity index is 190. The Morgan fingerprint density at radius 1 is 1.40 bits per heavy atom. The maximum absolute atomic E-state index is 10.9. The van der Waals surface area contributed by atoms with Gasteiger partial charge in [-0.15, -0.1) is 0 Å². The van der Waals surface area contributed by atoms with Gasteiger partial charge in [-0.2, -0.15) is 0 Å². The molecule has 1 rings (SSSR count). The van der Waals surface area contributed by atoms with Gasteiger partial charge in [-0.25, -0.2) is 5.84 Å². The first-order valence-electron chi connectivity index (χ1n) is 5.90. The van der Waals surface area contributed by atoms with Gasteiger partial charge in [-0.1, -0.05) is 19.3 Å². The number of nitrogens with zero attached hydrogens (tertiary/aromatic N) is 1. The van der Waals surface area contributed by atoms with Crippen molar-refractivity contribution in [1.29, 1.82) is 0 Å². The van der Waals surface area contributed by atoms with E-state index >= 15 is 0 Å². The lowest BCUT2D eigenvalue weighted by Crippen LogP contribution is -2.34. The van der Waals surface area contributed by atoms with E-state index in [1.54, 1.807) is 0 Å². The summed E-state index contributed by atoms with van der Waals surface area (Å²) in [6.45, 7) is 1.93. The molecule has 0 unspecified atom stereocenters. The number of hydrogen-bond acceptors (Lipinski definition) is 3. The van der Waals surface area contributed by atoms with Crippen LogP contribution in [0.2, 0.25) is 0 Å². The number of nitrogens with one attached hydrogen (secondary N) is 1. The molecule has 0 bridgehead atoms. The summed E-state index contributed by atoms with van der Waals surface area (Å²) in [4.78, 5) is 13.2. The van der Waals surface area contributed by atoms with E-state index in [1.165, 1.54) is 32.1 Å². The summed E-state index contributed by atoms with van der Waals surface area (Å²) in [5, 5.41) is 0. The van der Waals surface area contributed by atoms with Crippen LogP contribution in [0.3, 0.4) is 0 Å². The van der Waals surface area contributed by atoms with Crippen LogP contribution < -0.4 is 11.3 Å². The smallest absolute Gasteiger partial charge is 0.235 e.